The predicted octanol–water partition coefficient (Wildman–Crippen LogP) is 3.58. The lowest BCUT2D eigenvalue weighted by Crippen LogP contribution is -2.21. The van der Waals surface area contributed by atoms with Gasteiger partial charge in [0.25, 0.3) is 5.91 Å². The van der Waals surface area contributed by atoms with Crippen molar-refractivity contribution in [2.75, 3.05) is 19.0 Å². The molecular formula is C17H13Cl2NO5. The monoisotopic (exact) mass is 381 g/mol. The van der Waals surface area contributed by atoms with Gasteiger partial charge in [-0.05, 0) is 42.5 Å². The van der Waals surface area contributed by atoms with Crippen LogP contribution < -0.4 is 5.32 Å². The molecule has 0 radical (unpaired) electrons. The van der Waals surface area contributed by atoms with E-state index in [9.17, 15) is 14.4 Å². The Hall–Kier alpha value is -2.57. The Bertz CT molecular complexity index is 805. The van der Waals surface area contributed by atoms with Crippen LogP contribution in [0.25, 0.3) is 0 Å². The molecule has 2 rings (SSSR count). The van der Waals surface area contributed by atoms with Crippen LogP contribution in [0.2, 0.25) is 10.0 Å². The molecule has 1 N–H and O–H groups in total. The molecule has 0 saturated heterocycles. The first-order valence-electron chi connectivity index (χ1n) is 7.01. The van der Waals surface area contributed by atoms with Crippen LogP contribution in [0.4, 0.5) is 5.69 Å². The number of methoxy groups -OCH3 is 1. The first-order chi connectivity index (χ1) is 11.9. The van der Waals surface area contributed by atoms with Gasteiger partial charge in [-0.1, -0.05) is 23.2 Å². The summed E-state index contributed by atoms with van der Waals surface area (Å²) in [6.45, 7) is -0.474. The average Bonchev–Trinajstić information content (AvgIpc) is 2.62. The van der Waals surface area contributed by atoms with Gasteiger partial charge in [0.2, 0.25) is 0 Å². The Morgan fingerprint density at radius 1 is 0.920 bits per heavy atom. The minimum Gasteiger partial charge on any atom is -0.465 e. The molecule has 0 unspecified atom stereocenters. The summed E-state index contributed by atoms with van der Waals surface area (Å²) in [6.07, 6.45) is 0. The minimum absolute atomic E-state index is 0.185. The van der Waals surface area contributed by atoms with Gasteiger partial charge in [0.05, 0.1) is 28.3 Å². The predicted molar refractivity (Wildman–Crippen MR) is 93.2 cm³/mol. The summed E-state index contributed by atoms with van der Waals surface area (Å²) in [5.41, 5.74) is 0.986. The standard InChI is InChI=1S/C17H13Cl2NO5/c1-24-16(22)10-2-5-12(6-3-10)20-15(21)9-25-17(23)11-4-7-13(18)14(19)8-11/h2-8H,9H2,1H3,(H,20,21). The number of anilines is 1. The molecule has 2 aromatic rings. The van der Waals surface area contributed by atoms with E-state index in [1.807, 2.05) is 0 Å². The van der Waals surface area contributed by atoms with Crippen LogP contribution in [-0.4, -0.2) is 31.6 Å². The Balaban J connectivity index is 1.88. The topological polar surface area (TPSA) is 81.7 Å². The third-order valence-corrected chi connectivity index (χ3v) is 3.82. The van der Waals surface area contributed by atoms with Crippen molar-refractivity contribution in [1.29, 1.82) is 0 Å². The van der Waals surface area contributed by atoms with Crippen molar-refractivity contribution in [3.8, 4) is 0 Å². The molecule has 2 aromatic carbocycles. The molecule has 8 heteroatoms. The number of ether oxygens (including phenoxy) is 2. The summed E-state index contributed by atoms with van der Waals surface area (Å²) < 4.78 is 9.49. The Morgan fingerprint density at radius 2 is 1.56 bits per heavy atom. The maximum absolute atomic E-state index is 11.9. The van der Waals surface area contributed by atoms with Crippen LogP contribution in [0, 0.1) is 0 Å². The minimum atomic E-state index is -0.699. The molecule has 0 bridgehead atoms. The van der Waals surface area contributed by atoms with Gasteiger partial charge in [-0.25, -0.2) is 9.59 Å². The van der Waals surface area contributed by atoms with Gasteiger partial charge in [-0.15, -0.1) is 0 Å². The highest BCUT2D eigenvalue weighted by atomic mass is 35.5. The van der Waals surface area contributed by atoms with Crippen molar-refractivity contribution >= 4 is 46.7 Å². The molecule has 0 atom stereocenters. The van der Waals surface area contributed by atoms with E-state index in [1.54, 1.807) is 0 Å². The molecule has 0 aliphatic carbocycles. The Labute approximate surface area is 153 Å². The van der Waals surface area contributed by atoms with Crippen LogP contribution >= 0.6 is 23.2 Å². The Kier molecular flexibility index (Phi) is 6.38. The molecule has 6 nitrogen and oxygen atoms in total. The molecule has 25 heavy (non-hydrogen) atoms. The van der Waals surface area contributed by atoms with Crippen LogP contribution in [0.15, 0.2) is 42.5 Å². The van der Waals surface area contributed by atoms with Crippen LogP contribution in [0.3, 0.4) is 0 Å². The fourth-order valence-corrected chi connectivity index (χ4v) is 2.14. The number of esters is 2. The van der Waals surface area contributed by atoms with E-state index in [0.29, 0.717) is 16.3 Å². The maximum atomic E-state index is 11.9. The number of carbonyl (C=O) groups is 3. The zero-order valence-electron chi connectivity index (χ0n) is 13.0. The van der Waals surface area contributed by atoms with Crippen molar-refractivity contribution in [2.45, 2.75) is 0 Å². The van der Waals surface area contributed by atoms with Crippen LogP contribution in [-0.2, 0) is 14.3 Å². The number of benzene rings is 2. The van der Waals surface area contributed by atoms with Crippen LogP contribution in [0.5, 0.6) is 0 Å². The SMILES string of the molecule is COC(=O)c1ccc(NC(=O)COC(=O)c2ccc(Cl)c(Cl)c2)cc1. The quantitative estimate of drug-likeness (QED) is 0.800. The average molecular weight is 382 g/mol. The first kappa shape index (κ1) is 18.8. The zero-order chi connectivity index (χ0) is 18.4. The molecule has 130 valence electrons. The van der Waals surface area contributed by atoms with Gasteiger partial charge in [0, 0.05) is 5.69 Å². The van der Waals surface area contributed by atoms with Gasteiger partial charge in [-0.3, -0.25) is 4.79 Å². The zero-order valence-corrected chi connectivity index (χ0v) is 14.6. The lowest BCUT2D eigenvalue weighted by Gasteiger charge is -2.07. The van der Waals surface area contributed by atoms with Gasteiger partial charge < -0.3 is 14.8 Å². The summed E-state index contributed by atoms with van der Waals surface area (Å²) in [4.78, 5) is 35.0. The number of nitrogens with one attached hydrogen (secondary N) is 1. The normalized spacial score (nSPS) is 10.0. The number of rotatable bonds is 5. The van der Waals surface area contributed by atoms with Crippen molar-refractivity contribution in [3.63, 3.8) is 0 Å². The molecule has 1 amide bonds. The second-order valence-electron chi connectivity index (χ2n) is 4.82. The van der Waals surface area contributed by atoms with Gasteiger partial charge in [0.1, 0.15) is 0 Å². The number of halogens is 2. The second-order valence-corrected chi connectivity index (χ2v) is 5.64. The molecule has 0 aliphatic rings. The summed E-state index contributed by atoms with van der Waals surface area (Å²) in [5.74, 6) is -1.71. The fraction of sp³-hybridized carbons (Fsp3) is 0.118. The summed E-state index contributed by atoms with van der Waals surface area (Å²) in [5, 5.41) is 3.06. The highest BCUT2D eigenvalue weighted by Gasteiger charge is 2.12. The highest BCUT2D eigenvalue weighted by molar-refractivity contribution is 6.42. The first-order valence-corrected chi connectivity index (χ1v) is 7.76. The molecule has 0 saturated carbocycles. The molecule has 0 heterocycles. The summed E-state index contributed by atoms with van der Waals surface area (Å²) in [7, 11) is 1.28. The molecule has 0 fully saturated rings. The number of amides is 1. The highest BCUT2D eigenvalue weighted by Crippen LogP contribution is 2.22. The van der Waals surface area contributed by atoms with Crippen molar-refractivity contribution in [3.05, 3.63) is 63.6 Å². The van der Waals surface area contributed by atoms with E-state index in [0.717, 1.165) is 0 Å². The molecule has 0 spiro atoms. The largest absolute Gasteiger partial charge is 0.465 e. The molecular weight excluding hydrogens is 369 g/mol. The second kappa shape index (κ2) is 8.50. The lowest BCUT2D eigenvalue weighted by atomic mass is 10.2. The summed E-state index contributed by atoms with van der Waals surface area (Å²) in [6, 6.07) is 10.3. The van der Waals surface area contributed by atoms with Crippen molar-refractivity contribution in [1.82, 2.24) is 0 Å². The number of hydrogen-bond acceptors (Lipinski definition) is 5. The van der Waals surface area contributed by atoms with E-state index < -0.39 is 24.5 Å². The van der Waals surface area contributed by atoms with E-state index in [4.69, 9.17) is 27.9 Å². The number of carbonyl (C=O) groups excluding carboxylic acids is 3. The van der Waals surface area contributed by atoms with E-state index in [2.05, 4.69) is 10.1 Å². The molecule has 0 aromatic heterocycles. The van der Waals surface area contributed by atoms with E-state index in [-0.39, 0.29) is 10.6 Å². The van der Waals surface area contributed by atoms with Crippen molar-refractivity contribution in [2.24, 2.45) is 0 Å². The summed E-state index contributed by atoms with van der Waals surface area (Å²) >= 11 is 11.6. The number of hydrogen-bond donors (Lipinski definition) is 1. The molecule has 0 aliphatic heterocycles. The van der Waals surface area contributed by atoms with Gasteiger partial charge in [0.15, 0.2) is 6.61 Å². The maximum Gasteiger partial charge on any atom is 0.338 e. The van der Waals surface area contributed by atoms with E-state index >= 15 is 0 Å². The van der Waals surface area contributed by atoms with Crippen LogP contribution in [0.1, 0.15) is 20.7 Å². The van der Waals surface area contributed by atoms with Crippen molar-refractivity contribution < 1.29 is 23.9 Å². The van der Waals surface area contributed by atoms with E-state index in [1.165, 1.54) is 49.6 Å². The third-order valence-electron chi connectivity index (χ3n) is 3.08. The lowest BCUT2D eigenvalue weighted by molar-refractivity contribution is -0.119. The smallest absolute Gasteiger partial charge is 0.338 e. The Morgan fingerprint density at radius 3 is 2.16 bits per heavy atom. The third kappa shape index (κ3) is 5.20. The van der Waals surface area contributed by atoms with Gasteiger partial charge in [-0.2, -0.15) is 0 Å². The fourth-order valence-electron chi connectivity index (χ4n) is 1.84. The van der Waals surface area contributed by atoms with Gasteiger partial charge >= 0.3 is 11.9 Å².